The molecule has 0 saturated heterocycles. The number of rotatable bonds is 4. The fraction of sp³-hybridized carbons (Fsp3) is 0.310. The minimum absolute atomic E-state index is 0.0119. The van der Waals surface area contributed by atoms with Crippen molar-refractivity contribution >= 4 is 16.6 Å². The molecule has 0 aliphatic heterocycles. The Morgan fingerprint density at radius 1 is 1.10 bits per heavy atom. The molecule has 2 aromatic heterocycles. The quantitative estimate of drug-likeness (QED) is 0.208. The van der Waals surface area contributed by atoms with Crippen LogP contribution in [-0.4, -0.2) is 31.5 Å². The van der Waals surface area contributed by atoms with Crippen molar-refractivity contribution in [1.82, 2.24) is 9.55 Å². The van der Waals surface area contributed by atoms with Crippen LogP contribution in [-0.2, 0) is 0 Å². The monoisotopic (exact) mass is 541 g/mol. The van der Waals surface area contributed by atoms with Crippen molar-refractivity contribution in [3.05, 3.63) is 93.7 Å². The van der Waals surface area contributed by atoms with Gasteiger partial charge < -0.3 is 15.5 Å². The van der Waals surface area contributed by atoms with E-state index in [1.165, 1.54) is 34.9 Å². The molecule has 4 aromatic rings. The van der Waals surface area contributed by atoms with Crippen LogP contribution in [0.3, 0.4) is 0 Å². The van der Waals surface area contributed by atoms with E-state index in [1.807, 2.05) is 13.8 Å². The molecule has 3 atom stereocenters. The van der Waals surface area contributed by atoms with Crippen LogP contribution in [0.1, 0.15) is 61.8 Å². The highest BCUT2D eigenvalue weighted by Crippen LogP contribution is 2.54. The van der Waals surface area contributed by atoms with Crippen LogP contribution in [0.4, 0.5) is 23.2 Å². The Morgan fingerprint density at radius 3 is 2.49 bits per heavy atom. The molecule has 2 heterocycles. The third-order valence-corrected chi connectivity index (χ3v) is 7.44. The molecule has 0 spiro atoms. The summed E-state index contributed by atoms with van der Waals surface area (Å²) in [6.07, 6.45) is -5.67. The van der Waals surface area contributed by atoms with E-state index in [1.54, 1.807) is 31.2 Å². The van der Waals surface area contributed by atoms with Gasteiger partial charge >= 0.3 is 6.18 Å². The lowest BCUT2D eigenvalue weighted by Crippen LogP contribution is -2.55. The number of phenolic OH excluding ortho intramolecular Hbond substituents is 1. The summed E-state index contributed by atoms with van der Waals surface area (Å²) in [7, 11) is 0. The first kappa shape index (κ1) is 26.7. The summed E-state index contributed by atoms with van der Waals surface area (Å²) >= 11 is 0. The predicted octanol–water partition coefficient (Wildman–Crippen LogP) is 6.31. The number of nitrogens with one attached hydrogen (secondary N) is 1. The molecule has 6 nitrogen and oxygen atoms in total. The lowest BCUT2D eigenvalue weighted by molar-refractivity contribution is -0.272. The van der Waals surface area contributed by atoms with Crippen LogP contribution < -0.4 is 10.9 Å². The number of alkyl halides is 3. The van der Waals surface area contributed by atoms with Gasteiger partial charge in [-0.25, -0.2) is 4.98 Å². The van der Waals surface area contributed by atoms with E-state index >= 15 is 0 Å². The summed E-state index contributed by atoms with van der Waals surface area (Å²) in [6, 6.07) is 12.8. The van der Waals surface area contributed by atoms with Crippen molar-refractivity contribution in [2.24, 2.45) is 0 Å². The summed E-state index contributed by atoms with van der Waals surface area (Å²) < 4.78 is 58.7. The number of phenols is 1. The van der Waals surface area contributed by atoms with Gasteiger partial charge in [0, 0.05) is 22.7 Å². The second-order valence-corrected chi connectivity index (χ2v) is 10.4. The van der Waals surface area contributed by atoms with Crippen LogP contribution in [0.15, 0.2) is 65.5 Å². The Bertz CT molecular complexity index is 1630. The van der Waals surface area contributed by atoms with Gasteiger partial charge in [0.15, 0.2) is 5.60 Å². The van der Waals surface area contributed by atoms with Gasteiger partial charge in [-0.3, -0.25) is 9.36 Å². The van der Waals surface area contributed by atoms with Crippen LogP contribution in [0.25, 0.3) is 16.7 Å². The molecule has 1 aliphatic carbocycles. The maximum Gasteiger partial charge on any atom is 0.419 e. The summed E-state index contributed by atoms with van der Waals surface area (Å²) in [5.74, 6) is -1.78. The van der Waals surface area contributed by atoms with E-state index in [2.05, 4.69) is 10.3 Å². The number of pyridine rings is 2. The van der Waals surface area contributed by atoms with E-state index in [-0.39, 0.29) is 34.3 Å². The molecule has 3 unspecified atom stereocenters. The normalized spacial score (nSPS) is 21.3. The van der Waals surface area contributed by atoms with Crippen molar-refractivity contribution in [3.8, 4) is 11.6 Å². The molecule has 39 heavy (non-hydrogen) atoms. The number of hydrogen-bond donors (Lipinski definition) is 3. The average Bonchev–Trinajstić information content (AvgIpc) is 2.85. The number of aromatic hydroxyl groups is 1. The molecule has 3 N–H and O–H groups in total. The molecule has 2 aromatic carbocycles. The number of benzene rings is 2. The summed E-state index contributed by atoms with van der Waals surface area (Å²) in [6.45, 7) is 5.26. The topological polar surface area (TPSA) is 87.4 Å². The first-order valence-electron chi connectivity index (χ1n) is 12.5. The molecule has 0 radical (unpaired) electrons. The third kappa shape index (κ3) is 4.42. The zero-order valence-corrected chi connectivity index (χ0v) is 21.4. The maximum atomic E-state index is 14.6. The molecule has 5 rings (SSSR count). The lowest BCUT2D eigenvalue weighted by Gasteiger charge is -2.45. The van der Waals surface area contributed by atoms with Gasteiger partial charge in [0.1, 0.15) is 11.6 Å². The van der Waals surface area contributed by atoms with Gasteiger partial charge in [-0.2, -0.15) is 17.6 Å². The fourth-order valence-electron chi connectivity index (χ4n) is 5.52. The van der Waals surface area contributed by atoms with Crippen molar-refractivity contribution in [3.63, 3.8) is 0 Å². The van der Waals surface area contributed by atoms with Crippen molar-refractivity contribution in [1.29, 1.82) is 0 Å². The van der Waals surface area contributed by atoms with Gasteiger partial charge in [0.05, 0.1) is 11.6 Å². The van der Waals surface area contributed by atoms with Crippen LogP contribution in [0.5, 0.6) is 5.75 Å². The number of nitrogens with zero attached hydrogens (tertiary/aromatic N) is 2. The first-order valence-corrected chi connectivity index (χ1v) is 12.5. The second kappa shape index (κ2) is 9.37. The standard InChI is InChI=1S/C29H27F4N3O3/c1-15(2)17-12-19-26(22(37)13-17)16(3)14-28(39,29(31,32)33)27(19)34-20-6-4-7-21-18(20)10-11-25(38)36(21)24-9-5-8-23(30)35-24/h4-13,15-16,27,34,37,39H,14H2,1-3H3. The minimum atomic E-state index is -5.00. The highest BCUT2D eigenvalue weighted by molar-refractivity contribution is 5.92. The SMILES string of the molecule is CC(C)c1cc(O)c2c(c1)C(Nc1cccc3c1ccc(=O)n3-c1cccc(F)n1)C(O)(C(F)(F)F)CC2C. The lowest BCUT2D eigenvalue weighted by atomic mass is 9.69. The largest absolute Gasteiger partial charge is 0.508 e. The molecule has 10 heteroatoms. The van der Waals surface area contributed by atoms with Crippen LogP contribution in [0.2, 0.25) is 0 Å². The van der Waals surface area contributed by atoms with E-state index < -0.39 is 41.7 Å². The first-order chi connectivity index (χ1) is 18.3. The molecule has 0 bridgehead atoms. The Hall–Kier alpha value is -3.92. The Kier molecular flexibility index (Phi) is 6.41. The molecule has 204 valence electrons. The number of aliphatic hydroxyl groups is 1. The van der Waals surface area contributed by atoms with Gasteiger partial charge in [-0.05, 0) is 65.8 Å². The van der Waals surface area contributed by atoms with Crippen molar-refractivity contribution in [2.75, 3.05) is 5.32 Å². The van der Waals surface area contributed by atoms with Gasteiger partial charge in [0.25, 0.3) is 5.56 Å². The Labute approximate surface area is 221 Å². The minimum Gasteiger partial charge on any atom is -0.508 e. The summed E-state index contributed by atoms with van der Waals surface area (Å²) in [5.41, 5.74) is -2.07. The number of anilines is 1. The second-order valence-electron chi connectivity index (χ2n) is 10.4. The Balaban J connectivity index is 1.74. The van der Waals surface area contributed by atoms with Crippen molar-refractivity contribution in [2.45, 2.75) is 56.8 Å². The molecular formula is C29H27F4N3O3. The average molecular weight is 542 g/mol. The van der Waals surface area contributed by atoms with Gasteiger partial charge in [0.2, 0.25) is 5.95 Å². The van der Waals surface area contributed by atoms with Gasteiger partial charge in [-0.15, -0.1) is 0 Å². The smallest absolute Gasteiger partial charge is 0.419 e. The number of hydrogen-bond acceptors (Lipinski definition) is 5. The number of fused-ring (bicyclic) bond motifs is 2. The Morgan fingerprint density at radius 2 is 1.82 bits per heavy atom. The van der Waals surface area contributed by atoms with E-state index in [0.717, 1.165) is 6.07 Å². The molecular weight excluding hydrogens is 514 g/mol. The zero-order valence-electron chi connectivity index (χ0n) is 21.4. The summed E-state index contributed by atoms with van der Waals surface area (Å²) in [5, 5.41) is 25.4. The fourth-order valence-corrected chi connectivity index (χ4v) is 5.52. The van der Waals surface area contributed by atoms with E-state index in [4.69, 9.17) is 0 Å². The van der Waals surface area contributed by atoms with E-state index in [9.17, 15) is 32.6 Å². The van der Waals surface area contributed by atoms with Crippen LogP contribution >= 0.6 is 0 Å². The van der Waals surface area contributed by atoms with Gasteiger partial charge in [-0.1, -0.05) is 39.0 Å². The zero-order chi connectivity index (χ0) is 28.3. The van der Waals surface area contributed by atoms with Crippen LogP contribution in [0, 0.1) is 5.95 Å². The summed E-state index contributed by atoms with van der Waals surface area (Å²) in [4.78, 5) is 16.6. The highest BCUT2D eigenvalue weighted by Gasteiger charge is 2.62. The highest BCUT2D eigenvalue weighted by atomic mass is 19.4. The van der Waals surface area contributed by atoms with Crippen molar-refractivity contribution < 1.29 is 27.8 Å². The maximum absolute atomic E-state index is 14.6. The molecule has 1 aliphatic rings. The molecule has 0 fully saturated rings. The third-order valence-electron chi connectivity index (χ3n) is 7.44. The number of halogens is 4. The predicted molar refractivity (Wildman–Crippen MR) is 140 cm³/mol. The molecule has 0 saturated carbocycles. The number of aromatic nitrogens is 2. The van der Waals surface area contributed by atoms with E-state index in [0.29, 0.717) is 16.5 Å². The molecule has 0 amide bonds.